The molecule has 0 aliphatic heterocycles. The third-order valence-electron chi connectivity index (χ3n) is 3.05. The molecule has 3 nitrogen and oxygen atoms in total. The van der Waals surface area contributed by atoms with Gasteiger partial charge in [0.05, 0.1) is 7.11 Å². The fourth-order valence-electron chi connectivity index (χ4n) is 1.73. The monoisotopic (exact) mass is 313 g/mol. The third-order valence-corrected chi connectivity index (χ3v) is 3.05. The average molecular weight is 314 g/mol. The van der Waals surface area contributed by atoms with Gasteiger partial charge in [-0.15, -0.1) is 25.6 Å². The summed E-state index contributed by atoms with van der Waals surface area (Å²) >= 11 is 0. The number of alkyl halides is 3. The van der Waals surface area contributed by atoms with E-state index in [1.807, 2.05) is 13.8 Å². The van der Waals surface area contributed by atoms with Gasteiger partial charge in [-0.3, -0.25) is 0 Å². The van der Waals surface area contributed by atoms with Crippen LogP contribution in [0.4, 0.5) is 13.2 Å². The zero-order valence-electron chi connectivity index (χ0n) is 11.5. The number of halogens is 4. The van der Waals surface area contributed by atoms with E-state index >= 15 is 0 Å². The van der Waals surface area contributed by atoms with Gasteiger partial charge in [0, 0.05) is 11.6 Å². The normalized spacial score (nSPS) is 14.2. The van der Waals surface area contributed by atoms with Gasteiger partial charge in [-0.05, 0) is 24.1 Å². The first-order chi connectivity index (χ1) is 8.78. The van der Waals surface area contributed by atoms with Crippen LogP contribution in [-0.4, -0.2) is 13.5 Å². The van der Waals surface area contributed by atoms with E-state index in [0.29, 0.717) is 11.3 Å². The Kier molecular flexibility index (Phi) is 7.16. The summed E-state index contributed by atoms with van der Waals surface area (Å²) < 4.78 is 45.6. The molecule has 0 aliphatic rings. The number of nitrogens with two attached hydrogens (primary N) is 1. The lowest BCUT2D eigenvalue weighted by atomic mass is 9.92. The van der Waals surface area contributed by atoms with Gasteiger partial charge in [0.2, 0.25) is 0 Å². The van der Waals surface area contributed by atoms with Gasteiger partial charge in [-0.2, -0.15) is 0 Å². The van der Waals surface area contributed by atoms with Gasteiger partial charge < -0.3 is 15.2 Å². The van der Waals surface area contributed by atoms with Gasteiger partial charge in [-0.25, -0.2) is 0 Å². The summed E-state index contributed by atoms with van der Waals surface area (Å²) in [5, 5.41) is 0. The Balaban J connectivity index is 0.00000361. The van der Waals surface area contributed by atoms with Crippen LogP contribution < -0.4 is 15.2 Å². The molecule has 7 heteroatoms. The van der Waals surface area contributed by atoms with Gasteiger partial charge >= 0.3 is 6.36 Å². The molecule has 1 rings (SSSR count). The van der Waals surface area contributed by atoms with Gasteiger partial charge in [0.25, 0.3) is 0 Å². The minimum atomic E-state index is -4.72. The maximum atomic E-state index is 12.2. The highest BCUT2D eigenvalue weighted by Crippen LogP contribution is 2.34. The van der Waals surface area contributed by atoms with E-state index in [1.165, 1.54) is 25.3 Å². The van der Waals surface area contributed by atoms with Crippen LogP contribution in [0.25, 0.3) is 0 Å². The molecule has 0 aliphatic carbocycles. The zero-order chi connectivity index (χ0) is 14.6. The number of rotatable bonds is 5. The largest absolute Gasteiger partial charge is 0.573 e. The minimum Gasteiger partial charge on any atom is -0.496 e. The van der Waals surface area contributed by atoms with Crippen LogP contribution >= 0.6 is 12.4 Å². The first kappa shape index (κ1) is 18.9. The standard InChI is InChI=1S/C13H18F3NO2.ClH/c1-4-8(2)12(17)10-7-9(19-13(14,15)16)5-6-11(10)18-3;/h5-8,12H,4,17H2,1-3H3;1H/t8?,12-;/m1./s1. The molecule has 1 unspecified atom stereocenters. The minimum absolute atomic E-state index is 0. The van der Waals surface area contributed by atoms with Crippen molar-refractivity contribution in [3.63, 3.8) is 0 Å². The topological polar surface area (TPSA) is 44.5 Å². The van der Waals surface area contributed by atoms with Crippen molar-refractivity contribution in [3.05, 3.63) is 23.8 Å². The summed E-state index contributed by atoms with van der Waals surface area (Å²) in [7, 11) is 1.45. The summed E-state index contributed by atoms with van der Waals surface area (Å²) in [6, 6.07) is 3.51. The molecule has 1 aromatic rings. The van der Waals surface area contributed by atoms with Crippen LogP contribution in [0.3, 0.4) is 0 Å². The van der Waals surface area contributed by atoms with E-state index in [0.717, 1.165) is 6.42 Å². The van der Waals surface area contributed by atoms with E-state index in [4.69, 9.17) is 10.5 Å². The molecule has 116 valence electrons. The number of ether oxygens (including phenoxy) is 2. The van der Waals surface area contributed by atoms with E-state index in [-0.39, 0.29) is 24.1 Å². The molecule has 1 aromatic carbocycles. The second-order valence-electron chi connectivity index (χ2n) is 4.36. The summed E-state index contributed by atoms with van der Waals surface area (Å²) in [6.07, 6.45) is -3.90. The Morgan fingerprint density at radius 1 is 1.30 bits per heavy atom. The van der Waals surface area contributed by atoms with Crippen LogP contribution in [-0.2, 0) is 0 Å². The van der Waals surface area contributed by atoms with Crippen LogP contribution in [0.2, 0.25) is 0 Å². The van der Waals surface area contributed by atoms with E-state index in [1.54, 1.807) is 0 Å². The molecule has 0 aromatic heterocycles. The third kappa shape index (κ3) is 5.09. The maximum Gasteiger partial charge on any atom is 0.573 e. The van der Waals surface area contributed by atoms with Crippen molar-refractivity contribution in [2.45, 2.75) is 32.7 Å². The zero-order valence-corrected chi connectivity index (χ0v) is 12.3. The predicted molar refractivity (Wildman–Crippen MR) is 73.3 cm³/mol. The Hall–Kier alpha value is -1.14. The Morgan fingerprint density at radius 3 is 2.35 bits per heavy atom. The molecule has 2 N–H and O–H groups in total. The highest BCUT2D eigenvalue weighted by molar-refractivity contribution is 5.85. The fraction of sp³-hybridized carbons (Fsp3) is 0.538. The van der Waals surface area contributed by atoms with Gasteiger partial charge in [-0.1, -0.05) is 20.3 Å². The molecular weight excluding hydrogens is 295 g/mol. The van der Waals surface area contributed by atoms with Crippen molar-refractivity contribution in [3.8, 4) is 11.5 Å². The summed E-state index contributed by atoms with van der Waals surface area (Å²) in [6.45, 7) is 3.90. The second kappa shape index (κ2) is 7.59. The van der Waals surface area contributed by atoms with Crippen molar-refractivity contribution in [2.24, 2.45) is 11.7 Å². The van der Waals surface area contributed by atoms with E-state index in [9.17, 15) is 13.2 Å². The van der Waals surface area contributed by atoms with Crippen molar-refractivity contribution in [1.29, 1.82) is 0 Å². The summed E-state index contributed by atoms with van der Waals surface area (Å²) in [5.74, 6) is 0.291. The lowest BCUT2D eigenvalue weighted by molar-refractivity contribution is -0.274. The Morgan fingerprint density at radius 2 is 1.90 bits per heavy atom. The highest BCUT2D eigenvalue weighted by Gasteiger charge is 2.31. The quantitative estimate of drug-likeness (QED) is 0.891. The molecule has 20 heavy (non-hydrogen) atoms. The first-order valence-electron chi connectivity index (χ1n) is 5.97. The molecule has 0 saturated heterocycles. The van der Waals surface area contributed by atoms with Crippen LogP contribution in [0.5, 0.6) is 11.5 Å². The van der Waals surface area contributed by atoms with Crippen LogP contribution in [0.15, 0.2) is 18.2 Å². The number of hydrogen-bond acceptors (Lipinski definition) is 3. The molecule has 0 spiro atoms. The Labute approximate surface area is 122 Å². The number of benzene rings is 1. The summed E-state index contributed by atoms with van der Waals surface area (Å²) in [5.41, 5.74) is 6.55. The maximum absolute atomic E-state index is 12.2. The molecule has 0 fully saturated rings. The van der Waals surface area contributed by atoms with Crippen molar-refractivity contribution in [2.75, 3.05) is 7.11 Å². The molecule has 0 amide bonds. The summed E-state index contributed by atoms with van der Waals surface area (Å²) in [4.78, 5) is 0. The van der Waals surface area contributed by atoms with E-state index < -0.39 is 12.4 Å². The lowest BCUT2D eigenvalue weighted by Crippen LogP contribution is -2.21. The molecule has 2 atom stereocenters. The first-order valence-corrected chi connectivity index (χ1v) is 5.97. The highest BCUT2D eigenvalue weighted by atomic mass is 35.5. The van der Waals surface area contributed by atoms with Crippen LogP contribution in [0, 0.1) is 5.92 Å². The number of hydrogen-bond donors (Lipinski definition) is 1. The molecule has 0 heterocycles. The van der Waals surface area contributed by atoms with Crippen LogP contribution in [0.1, 0.15) is 31.9 Å². The average Bonchev–Trinajstić information content (AvgIpc) is 2.35. The molecule has 0 bridgehead atoms. The lowest BCUT2D eigenvalue weighted by Gasteiger charge is -2.22. The van der Waals surface area contributed by atoms with Crippen molar-refractivity contribution in [1.82, 2.24) is 0 Å². The SMILES string of the molecule is CCC(C)[C@@H](N)c1cc(OC(F)(F)F)ccc1OC.Cl. The molecule has 0 saturated carbocycles. The predicted octanol–water partition coefficient (Wildman–Crippen LogP) is 4.06. The fourth-order valence-corrected chi connectivity index (χ4v) is 1.73. The van der Waals surface area contributed by atoms with Gasteiger partial charge in [0.15, 0.2) is 0 Å². The number of methoxy groups -OCH3 is 1. The van der Waals surface area contributed by atoms with Crippen molar-refractivity contribution >= 4 is 12.4 Å². The molecule has 0 radical (unpaired) electrons. The van der Waals surface area contributed by atoms with Gasteiger partial charge in [0.1, 0.15) is 11.5 Å². The van der Waals surface area contributed by atoms with Crippen molar-refractivity contribution < 1.29 is 22.6 Å². The smallest absolute Gasteiger partial charge is 0.496 e. The second-order valence-corrected chi connectivity index (χ2v) is 4.36. The van der Waals surface area contributed by atoms with E-state index in [2.05, 4.69) is 4.74 Å². The molecular formula is C13H19ClF3NO2. The Bertz CT molecular complexity index is 427.